The molecule has 0 amide bonds. The molecule has 0 saturated carbocycles. The van der Waals surface area contributed by atoms with E-state index >= 15 is 0 Å². The molecule has 0 aliphatic carbocycles. The molecule has 0 heteroatoms. The quantitative estimate of drug-likeness (QED) is 0.651. The molecule has 1 aromatic carbocycles. The fourth-order valence-electron chi connectivity index (χ4n) is 1.60. The first-order valence-corrected chi connectivity index (χ1v) is 4.75. The predicted molar refractivity (Wildman–Crippen MR) is 59.6 cm³/mol. The molecule has 0 heterocycles. The molecule has 13 heavy (non-hydrogen) atoms. The molecule has 0 unspecified atom stereocenters. The molecule has 0 aromatic heterocycles. The van der Waals surface area contributed by atoms with Gasteiger partial charge in [-0.15, -0.1) is 0 Å². The normalized spacial score (nSPS) is 10.5. The van der Waals surface area contributed by atoms with E-state index in [2.05, 4.69) is 45.5 Å². The summed E-state index contributed by atoms with van der Waals surface area (Å²) in [7, 11) is 0. The van der Waals surface area contributed by atoms with E-state index in [1.54, 1.807) is 0 Å². The highest BCUT2D eigenvalue weighted by Crippen LogP contribution is 2.23. The highest BCUT2D eigenvalue weighted by Gasteiger charge is 2.06. The van der Waals surface area contributed by atoms with Gasteiger partial charge in [0.2, 0.25) is 0 Å². The van der Waals surface area contributed by atoms with E-state index < -0.39 is 0 Å². The Bertz CT molecular complexity index is 295. The van der Waals surface area contributed by atoms with E-state index in [1.165, 1.54) is 22.6 Å². The lowest BCUT2D eigenvalue weighted by atomic mass is 9.92. The zero-order valence-electron chi connectivity index (χ0n) is 8.72. The minimum atomic E-state index is 1.07. The monoisotopic (exact) mass is 173 g/mol. The number of hydrogen-bond donors (Lipinski definition) is 0. The van der Waals surface area contributed by atoms with Crippen LogP contribution < -0.4 is 0 Å². The second-order valence-corrected chi connectivity index (χ2v) is 3.44. The van der Waals surface area contributed by atoms with Crippen LogP contribution in [0.15, 0.2) is 24.8 Å². The summed E-state index contributed by atoms with van der Waals surface area (Å²) >= 11 is 0. The molecular weight excluding hydrogens is 156 g/mol. The highest BCUT2D eigenvalue weighted by atomic mass is 14.1. The molecule has 1 aromatic rings. The molecule has 0 spiro atoms. The predicted octanol–water partition coefficient (Wildman–Crippen LogP) is 3.85. The summed E-state index contributed by atoms with van der Waals surface area (Å²) in [4.78, 5) is 0. The van der Waals surface area contributed by atoms with Gasteiger partial charge in [0.25, 0.3) is 0 Å². The second kappa shape index (κ2) is 4.27. The summed E-state index contributed by atoms with van der Waals surface area (Å²) in [5, 5.41) is 0. The van der Waals surface area contributed by atoms with Gasteiger partial charge in [-0.2, -0.15) is 0 Å². The zero-order chi connectivity index (χ0) is 9.84. The van der Waals surface area contributed by atoms with Crippen LogP contribution in [0.2, 0.25) is 0 Å². The number of benzene rings is 1. The molecule has 0 aliphatic heterocycles. The summed E-state index contributed by atoms with van der Waals surface area (Å²) in [6, 6.07) is 6.45. The van der Waals surface area contributed by atoms with Gasteiger partial charge in [0.1, 0.15) is 0 Å². The lowest BCUT2D eigenvalue weighted by Gasteiger charge is -2.12. The number of hydrogen-bond acceptors (Lipinski definition) is 0. The maximum absolute atomic E-state index is 3.87. The van der Waals surface area contributed by atoms with Crippen molar-refractivity contribution in [1.82, 2.24) is 0 Å². The first kappa shape index (κ1) is 10.0. The van der Waals surface area contributed by atoms with E-state index in [9.17, 15) is 0 Å². The standard InChI is InChI=1S/C13H17/c1-5-11-8-7-9-13(10(3)4)12(11)6-2/h6-9H,2,5H2,1,3-4H3. The molecule has 0 nitrogen and oxygen atoms in total. The largest absolute Gasteiger partial charge is 0.0984 e. The third-order valence-corrected chi connectivity index (χ3v) is 2.32. The molecule has 69 valence electrons. The van der Waals surface area contributed by atoms with Crippen LogP contribution >= 0.6 is 0 Å². The van der Waals surface area contributed by atoms with Gasteiger partial charge in [0.05, 0.1) is 0 Å². The molecule has 0 N–H and O–H groups in total. The van der Waals surface area contributed by atoms with Gasteiger partial charge < -0.3 is 0 Å². The molecule has 0 bridgehead atoms. The van der Waals surface area contributed by atoms with E-state index in [1.807, 2.05) is 6.08 Å². The highest BCUT2D eigenvalue weighted by molar-refractivity contribution is 5.59. The summed E-state index contributed by atoms with van der Waals surface area (Å²) in [6.07, 6.45) is 3.03. The topological polar surface area (TPSA) is 0 Å². The Hall–Kier alpha value is -1.04. The molecule has 0 fully saturated rings. The lowest BCUT2D eigenvalue weighted by Crippen LogP contribution is -1.96. The Morgan fingerprint density at radius 2 is 2.08 bits per heavy atom. The van der Waals surface area contributed by atoms with Crippen LogP contribution in [0.25, 0.3) is 6.08 Å². The van der Waals surface area contributed by atoms with Gasteiger partial charge >= 0.3 is 0 Å². The van der Waals surface area contributed by atoms with Gasteiger partial charge in [0.15, 0.2) is 0 Å². The van der Waals surface area contributed by atoms with E-state index in [4.69, 9.17) is 0 Å². The first-order chi connectivity index (χ1) is 6.20. The molecule has 0 atom stereocenters. The maximum Gasteiger partial charge on any atom is -0.000581 e. The second-order valence-electron chi connectivity index (χ2n) is 3.44. The van der Waals surface area contributed by atoms with Crippen LogP contribution in [-0.2, 0) is 6.42 Å². The van der Waals surface area contributed by atoms with Crippen molar-refractivity contribution in [3.05, 3.63) is 47.4 Å². The van der Waals surface area contributed by atoms with Crippen LogP contribution in [0.1, 0.15) is 37.5 Å². The van der Waals surface area contributed by atoms with Gasteiger partial charge in [-0.3, -0.25) is 0 Å². The summed E-state index contributed by atoms with van der Waals surface area (Å²) in [5.41, 5.74) is 4.01. The maximum atomic E-state index is 3.87. The van der Waals surface area contributed by atoms with Crippen LogP contribution in [-0.4, -0.2) is 0 Å². The molecule has 0 aliphatic rings. The third-order valence-electron chi connectivity index (χ3n) is 2.32. The van der Waals surface area contributed by atoms with Crippen molar-refractivity contribution < 1.29 is 0 Å². The third kappa shape index (κ3) is 2.00. The van der Waals surface area contributed by atoms with Gasteiger partial charge in [0, 0.05) is 0 Å². The first-order valence-electron chi connectivity index (χ1n) is 4.75. The zero-order valence-corrected chi connectivity index (χ0v) is 8.72. The SMILES string of the molecule is C=Cc1c(CC)cccc1[C](C)C. The fraction of sp³-hybridized carbons (Fsp3) is 0.308. The lowest BCUT2D eigenvalue weighted by molar-refractivity contribution is 1.09. The summed E-state index contributed by atoms with van der Waals surface area (Å²) < 4.78 is 0. The van der Waals surface area contributed by atoms with Crippen LogP contribution in [0.3, 0.4) is 0 Å². The van der Waals surface area contributed by atoms with Gasteiger partial charge in [-0.05, 0) is 29.0 Å². The Morgan fingerprint density at radius 3 is 2.54 bits per heavy atom. The average molecular weight is 173 g/mol. The van der Waals surface area contributed by atoms with Crippen molar-refractivity contribution >= 4 is 6.08 Å². The average Bonchev–Trinajstić information content (AvgIpc) is 2.16. The molecular formula is C13H17. The van der Waals surface area contributed by atoms with Crippen LogP contribution in [0.4, 0.5) is 0 Å². The fourth-order valence-corrected chi connectivity index (χ4v) is 1.60. The summed E-state index contributed by atoms with van der Waals surface area (Å²) in [5.74, 6) is 1.35. The smallest absolute Gasteiger partial charge is 0.000581 e. The van der Waals surface area contributed by atoms with Crippen LogP contribution in [0.5, 0.6) is 0 Å². The molecule has 1 radical (unpaired) electrons. The van der Waals surface area contributed by atoms with E-state index in [-0.39, 0.29) is 0 Å². The Morgan fingerprint density at radius 1 is 1.38 bits per heavy atom. The van der Waals surface area contributed by atoms with Crippen LogP contribution in [0, 0.1) is 5.92 Å². The Balaban J connectivity index is 3.27. The summed E-state index contributed by atoms with van der Waals surface area (Å²) in [6.45, 7) is 10.3. The van der Waals surface area contributed by atoms with Gasteiger partial charge in [-0.1, -0.05) is 51.6 Å². The number of aryl methyl sites for hydroxylation is 1. The number of rotatable bonds is 3. The van der Waals surface area contributed by atoms with Crippen molar-refractivity contribution in [2.45, 2.75) is 27.2 Å². The molecule has 1 rings (SSSR count). The van der Waals surface area contributed by atoms with Crippen molar-refractivity contribution in [3.8, 4) is 0 Å². The minimum Gasteiger partial charge on any atom is -0.0984 e. The van der Waals surface area contributed by atoms with E-state index in [0.29, 0.717) is 0 Å². The van der Waals surface area contributed by atoms with Gasteiger partial charge in [-0.25, -0.2) is 0 Å². The Kier molecular flexibility index (Phi) is 3.30. The van der Waals surface area contributed by atoms with E-state index in [0.717, 1.165) is 6.42 Å². The minimum absolute atomic E-state index is 1.07. The van der Waals surface area contributed by atoms with Crippen molar-refractivity contribution in [3.63, 3.8) is 0 Å². The van der Waals surface area contributed by atoms with Crippen molar-refractivity contribution in [1.29, 1.82) is 0 Å². The van der Waals surface area contributed by atoms with Crippen molar-refractivity contribution in [2.75, 3.05) is 0 Å². The Labute approximate surface area is 81.3 Å². The molecule has 0 saturated heterocycles. The van der Waals surface area contributed by atoms with Crippen molar-refractivity contribution in [2.24, 2.45) is 0 Å².